The number of hydrogen-bond acceptors (Lipinski definition) is 4. The van der Waals surface area contributed by atoms with Gasteiger partial charge in [-0.25, -0.2) is 4.39 Å². The van der Waals surface area contributed by atoms with Crippen LogP contribution < -0.4 is 9.47 Å². The molecule has 1 aliphatic rings. The number of benzene rings is 2. The fraction of sp³-hybridized carbons (Fsp3) is 0.278. The van der Waals surface area contributed by atoms with Gasteiger partial charge in [0.15, 0.2) is 11.5 Å². The molecule has 0 aliphatic carbocycles. The zero-order valence-corrected chi connectivity index (χ0v) is 16.2. The molecule has 2 aromatic carbocycles. The van der Waals surface area contributed by atoms with Gasteiger partial charge in [0.1, 0.15) is 12.4 Å². The maximum Gasteiger partial charge on any atom is 0.175 e. The van der Waals surface area contributed by atoms with Crippen LogP contribution in [0.5, 0.6) is 11.5 Å². The highest BCUT2D eigenvalue weighted by Gasteiger charge is 2.17. The van der Waals surface area contributed by atoms with Crippen LogP contribution in [-0.4, -0.2) is 23.9 Å². The van der Waals surface area contributed by atoms with Crippen molar-refractivity contribution < 1.29 is 13.9 Å². The maximum absolute atomic E-state index is 13.0. The van der Waals surface area contributed by atoms with Crippen molar-refractivity contribution in [3.8, 4) is 11.5 Å². The van der Waals surface area contributed by atoms with Gasteiger partial charge in [0.05, 0.1) is 15.2 Å². The molecule has 0 fully saturated rings. The summed E-state index contributed by atoms with van der Waals surface area (Å²) in [5.41, 5.74) is 1.98. The summed E-state index contributed by atoms with van der Waals surface area (Å²) in [5.74, 6) is 2.21. The van der Waals surface area contributed by atoms with E-state index in [2.05, 4.69) is 33.6 Å². The fourth-order valence-corrected chi connectivity index (χ4v) is 3.94. The van der Waals surface area contributed by atoms with Crippen LogP contribution in [0.3, 0.4) is 0 Å². The molecule has 1 heterocycles. The molecule has 0 saturated carbocycles. The van der Waals surface area contributed by atoms with Crippen LogP contribution in [-0.2, 0) is 6.61 Å². The number of thioether (sulfide) groups is 1. The van der Waals surface area contributed by atoms with Crippen LogP contribution in [0.4, 0.5) is 4.39 Å². The number of ether oxygens (including phenoxy) is 2. The first-order chi connectivity index (χ1) is 11.7. The minimum absolute atomic E-state index is 0.248. The van der Waals surface area contributed by atoms with Gasteiger partial charge in [-0.15, -0.1) is 11.8 Å². The lowest BCUT2D eigenvalue weighted by Crippen LogP contribution is -2.04. The van der Waals surface area contributed by atoms with E-state index >= 15 is 0 Å². The summed E-state index contributed by atoms with van der Waals surface area (Å²) < 4.78 is 25.7. The third kappa shape index (κ3) is 4.22. The van der Waals surface area contributed by atoms with Gasteiger partial charge in [-0.2, -0.15) is 0 Å². The first-order valence-corrected chi connectivity index (χ1v) is 9.75. The molecule has 0 N–H and O–H groups in total. The third-order valence-electron chi connectivity index (χ3n) is 3.44. The molecule has 0 aromatic heterocycles. The van der Waals surface area contributed by atoms with Gasteiger partial charge in [-0.1, -0.05) is 12.1 Å². The molecule has 3 nitrogen and oxygen atoms in total. The first kappa shape index (κ1) is 17.5. The normalized spacial score (nSPS) is 13.7. The summed E-state index contributed by atoms with van der Waals surface area (Å²) in [5, 5.41) is 1.05. The summed E-state index contributed by atoms with van der Waals surface area (Å²) in [6, 6.07) is 10.4. The molecule has 0 atom stereocenters. The lowest BCUT2D eigenvalue weighted by atomic mass is 10.2. The molecule has 126 valence electrons. The van der Waals surface area contributed by atoms with E-state index in [0.29, 0.717) is 19.0 Å². The van der Waals surface area contributed by atoms with Crippen molar-refractivity contribution >= 4 is 39.4 Å². The molecule has 0 unspecified atom stereocenters. The van der Waals surface area contributed by atoms with Crippen LogP contribution in [0.2, 0.25) is 0 Å². The molecule has 0 amide bonds. The molecule has 24 heavy (non-hydrogen) atoms. The lowest BCUT2D eigenvalue weighted by Gasteiger charge is -2.15. The van der Waals surface area contributed by atoms with E-state index in [1.165, 1.54) is 12.1 Å². The SMILES string of the molecule is CCOc1cc(C2=NCCS2)cc(I)c1OCc1ccc(F)cc1. The Kier molecular flexibility index (Phi) is 5.99. The van der Waals surface area contributed by atoms with Crippen molar-refractivity contribution in [3.05, 3.63) is 56.9 Å². The standard InChI is InChI=1S/C18H17FINO2S/c1-2-22-16-10-13(18-21-7-8-24-18)9-15(20)17(16)23-11-12-3-5-14(19)6-4-12/h3-6,9-10H,2,7-8,11H2,1H3. The Labute approximate surface area is 158 Å². The Morgan fingerprint density at radius 3 is 2.67 bits per heavy atom. The van der Waals surface area contributed by atoms with Crippen molar-refractivity contribution in [1.82, 2.24) is 0 Å². The molecule has 0 bridgehead atoms. The van der Waals surface area contributed by atoms with Crippen LogP contribution in [0.25, 0.3) is 0 Å². The van der Waals surface area contributed by atoms with Crippen molar-refractivity contribution in [3.63, 3.8) is 0 Å². The number of hydrogen-bond donors (Lipinski definition) is 0. The highest BCUT2D eigenvalue weighted by atomic mass is 127. The number of aliphatic imine (C=N–C) groups is 1. The highest BCUT2D eigenvalue weighted by Crippen LogP contribution is 2.36. The summed E-state index contributed by atoms with van der Waals surface area (Å²) >= 11 is 4.02. The summed E-state index contributed by atoms with van der Waals surface area (Å²) in [6.07, 6.45) is 0. The second-order valence-electron chi connectivity index (χ2n) is 5.17. The summed E-state index contributed by atoms with van der Waals surface area (Å²) in [4.78, 5) is 4.52. The van der Waals surface area contributed by atoms with Crippen molar-refractivity contribution in [1.29, 1.82) is 0 Å². The van der Waals surface area contributed by atoms with Crippen molar-refractivity contribution in [2.24, 2.45) is 4.99 Å². The topological polar surface area (TPSA) is 30.8 Å². The number of halogens is 2. The molecule has 0 saturated heterocycles. The second kappa shape index (κ2) is 8.20. The minimum Gasteiger partial charge on any atom is -0.490 e. The molecular weight excluding hydrogens is 440 g/mol. The monoisotopic (exact) mass is 457 g/mol. The zero-order valence-electron chi connectivity index (χ0n) is 13.2. The zero-order chi connectivity index (χ0) is 16.9. The van der Waals surface area contributed by atoms with Gasteiger partial charge >= 0.3 is 0 Å². The second-order valence-corrected chi connectivity index (χ2v) is 7.41. The fourth-order valence-electron chi connectivity index (χ4n) is 2.34. The maximum atomic E-state index is 13.0. The summed E-state index contributed by atoms with van der Waals surface area (Å²) in [7, 11) is 0. The number of rotatable bonds is 6. The smallest absolute Gasteiger partial charge is 0.175 e. The van der Waals surface area contributed by atoms with Crippen molar-refractivity contribution in [2.75, 3.05) is 18.9 Å². The molecule has 6 heteroatoms. The Morgan fingerprint density at radius 2 is 2.00 bits per heavy atom. The average molecular weight is 457 g/mol. The average Bonchev–Trinajstić information content (AvgIpc) is 3.10. The molecule has 1 aliphatic heterocycles. The number of nitrogens with zero attached hydrogens (tertiary/aromatic N) is 1. The van der Waals surface area contributed by atoms with E-state index in [1.807, 2.05) is 13.0 Å². The van der Waals surface area contributed by atoms with Crippen LogP contribution >= 0.6 is 34.4 Å². The minimum atomic E-state index is -0.248. The largest absolute Gasteiger partial charge is 0.490 e. The van der Waals surface area contributed by atoms with E-state index in [1.54, 1.807) is 23.9 Å². The van der Waals surface area contributed by atoms with Gasteiger partial charge in [-0.3, -0.25) is 4.99 Å². The van der Waals surface area contributed by atoms with E-state index in [9.17, 15) is 4.39 Å². The van der Waals surface area contributed by atoms with Crippen LogP contribution in [0.15, 0.2) is 41.4 Å². The van der Waals surface area contributed by atoms with E-state index in [4.69, 9.17) is 9.47 Å². The van der Waals surface area contributed by atoms with E-state index < -0.39 is 0 Å². The quantitative estimate of drug-likeness (QED) is 0.579. The highest BCUT2D eigenvalue weighted by molar-refractivity contribution is 14.1. The van der Waals surface area contributed by atoms with Crippen molar-refractivity contribution in [2.45, 2.75) is 13.5 Å². The van der Waals surface area contributed by atoms with E-state index in [-0.39, 0.29) is 5.82 Å². The molecule has 0 spiro atoms. The van der Waals surface area contributed by atoms with Crippen LogP contribution in [0.1, 0.15) is 18.1 Å². The molecule has 0 radical (unpaired) electrons. The van der Waals surface area contributed by atoms with Crippen LogP contribution in [0, 0.1) is 9.39 Å². The third-order valence-corrected chi connectivity index (χ3v) is 5.26. The lowest BCUT2D eigenvalue weighted by molar-refractivity contribution is 0.267. The Bertz CT molecular complexity index is 749. The Balaban J connectivity index is 1.84. The summed E-state index contributed by atoms with van der Waals surface area (Å²) in [6.45, 7) is 3.74. The van der Waals surface area contributed by atoms with Gasteiger partial charge in [0.25, 0.3) is 0 Å². The molecule has 3 rings (SSSR count). The van der Waals surface area contributed by atoms with Gasteiger partial charge in [-0.05, 0) is 59.3 Å². The predicted molar refractivity (Wildman–Crippen MR) is 105 cm³/mol. The van der Waals surface area contributed by atoms with Gasteiger partial charge in [0, 0.05) is 17.9 Å². The molecule has 2 aromatic rings. The van der Waals surface area contributed by atoms with E-state index in [0.717, 1.165) is 37.8 Å². The van der Waals surface area contributed by atoms with Gasteiger partial charge in [0.2, 0.25) is 0 Å². The molecular formula is C18H17FINO2S. The Hall–Kier alpha value is -1.28. The first-order valence-electron chi connectivity index (χ1n) is 7.68. The van der Waals surface area contributed by atoms with Gasteiger partial charge < -0.3 is 9.47 Å². The predicted octanol–water partition coefficient (Wildman–Crippen LogP) is 4.90. The Morgan fingerprint density at radius 1 is 1.21 bits per heavy atom.